The van der Waals surface area contributed by atoms with Gasteiger partial charge in [-0.3, -0.25) is 4.79 Å². The lowest BCUT2D eigenvalue weighted by molar-refractivity contribution is -0.131. The number of hydrogen-bond acceptors (Lipinski definition) is 5. The van der Waals surface area contributed by atoms with Gasteiger partial charge in [-0.2, -0.15) is 0 Å². The monoisotopic (exact) mass is 557 g/mol. The van der Waals surface area contributed by atoms with Gasteiger partial charge in [0.15, 0.2) is 5.96 Å². The number of anilines is 1. The number of rotatable bonds is 7. The van der Waals surface area contributed by atoms with E-state index in [0.717, 1.165) is 31.1 Å². The molecule has 10 heteroatoms. The van der Waals surface area contributed by atoms with Crippen molar-refractivity contribution in [3.8, 4) is 0 Å². The number of aliphatic imine (C=N–C) groups is 1. The Labute approximate surface area is 205 Å². The third kappa shape index (κ3) is 8.13. The minimum Gasteiger partial charge on any atom is -0.357 e. The molecular formula is C21H29ClIN7O. The third-order valence-corrected chi connectivity index (χ3v) is 5.03. The van der Waals surface area contributed by atoms with E-state index in [2.05, 4.69) is 30.5 Å². The van der Waals surface area contributed by atoms with E-state index in [1.54, 1.807) is 18.5 Å². The SMILES string of the molecule is CCNC(=NCc1ccc(Cl)cc1)NCCC(=O)N1CCN(c2ncccn2)CC1.I. The highest BCUT2D eigenvalue weighted by Crippen LogP contribution is 2.11. The number of carbonyl (C=O) groups is 1. The van der Waals surface area contributed by atoms with Crippen LogP contribution < -0.4 is 15.5 Å². The minimum absolute atomic E-state index is 0. The van der Waals surface area contributed by atoms with E-state index in [1.807, 2.05) is 36.1 Å². The van der Waals surface area contributed by atoms with Gasteiger partial charge < -0.3 is 20.4 Å². The summed E-state index contributed by atoms with van der Waals surface area (Å²) in [5.41, 5.74) is 1.08. The lowest BCUT2D eigenvalue weighted by atomic mass is 10.2. The molecule has 0 spiro atoms. The number of benzene rings is 1. The van der Waals surface area contributed by atoms with Crippen LogP contribution in [0.2, 0.25) is 5.02 Å². The molecule has 8 nitrogen and oxygen atoms in total. The Morgan fingerprint density at radius 2 is 1.77 bits per heavy atom. The van der Waals surface area contributed by atoms with Crippen LogP contribution in [0.4, 0.5) is 5.95 Å². The summed E-state index contributed by atoms with van der Waals surface area (Å²) >= 11 is 5.92. The molecule has 1 amide bonds. The van der Waals surface area contributed by atoms with Gasteiger partial charge in [-0.05, 0) is 30.7 Å². The normalized spacial score (nSPS) is 14.1. The van der Waals surface area contributed by atoms with Crippen molar-refractivity contribution in [3.05, 3.63) is 53.3 Å². The van der Waals surface area contributed by atoms with Gasteiger partial charge in [0.2, 0.25) is 11.9 Å². The van der Waals surface area contributed by atoms with Crippen molar-refractivity contribution >= 4 is 53.4 Å². The van der Waals surface area contributed by atoms with E-state index >= 15 is 0 Å². The molecule has 0 bridgehead atoms. The molecule has 31 heavy (non-hydrogen) atoms. The molecule has 1 aromatic carbocycles. The number of aromatic nitrogens is 2. The highest BCUT2D eigenvalue weighted by Gasteiger charge is 2.22. The molecule has 0 radical (unpaired) electrons. The van der Waals surface area contributed by atoms with E-state index in [0.29, 0.717) is 43.6 Å². The van der Waals surface area contributed by atoms with Crippen molar-refractivity contribution in [3.63, 3.8) is 0 Å². The number of amides is 1. The Kier molecular flexibility index (Phi) is 10.8. The predicted octanol–water partition coefficient (Wildman–Crippen LogP) is 2.54. The highest BCUT2D eigenvalue weighted by molar-refractivity contribution is 14.0. The fourth-order valence-electron chi connectivity index (χ4n) is 3.16. The number of nitrogens with one attached hydrogen (secondary N) is 2. The summed E-state index contributed by atoms with van der Waals surface area (Å²) in [6.45, 7) is 6.70. The Balaban J connectivity index is 0.00000341. The maximum atomic E-state index is 12.6. The number of hydrogen-bond donors (Lipinski definition) is 2. The zero-order valence-corrected chi connectivity index (χ0v) is 20.7. The number of guanidine groups is 1. The molecule has 1 aliphatic rings. The van der Waals surface area contributed by atoms with Crippen LogP contribution in [0.5, 0.6) is 0 Å². The number of nitrogens with zero attached hydrogens (tertiary/aromatic N) is 5. The van der Waals surface area contributed by atoms with E-state index in [9.17, 15) is 4.79 Å². The minimum atomic E-state index is 0. The summed E-state index contributed by atoms with van der Waals surface area (Å²) in [5, 5.41) is 7.16. The van der Waals surface area contributed by atoms with Gasteiger partial charge in [0.05, 0.1) is 6.54 Å². The smallest absolute Gasteiger partial charge is 0.225 e. The number of piperazine rings is 1. The standard InChI is InChI=1S/C21H28ClN7O.HI/c1-2-23-20(27-16-17-4-6-18(22)7-5-17)24-11-8-19(30)28-12-14-29(15-13-28)21-25-9-3-10-26-21;/h3-7,9-10H,2,8,11-16H2,1H3,(H2,23,24,27);1H. The maximum absolute atomic E-state index is 12.6. The zero-order chi connectivity index (χ0) is 21.2. The molecular weight excluding hydrogens is 529 g/mol. The Morgan fingerprint density at radius 3 is 2.42 bits per heavy atom. The molecule has 168 valence electrons. The van der Waals surface area contributed by atoms with Crippen LogP contribution in [0.1, 0.15) is 18.9 Å². The van der Waals surface area contributed by atoms with Gasteiger partial charge in [-0.15, -0.1) is 24.0 Å². The first-order chi connectivity index (χ1) is 14.7. The van der Waals surface area contributed by atoms with E-state index in [4.69, 9.17) is 11.6 Å². The first-order valence-corrected chi connectivity index (χ1v) is 10.6. The van der Waals surface area contributed by atoms with Crippen LogP contribution >= 0.6 is 35.6 Å². The first-order valence-electron chi connectivity index (χ1n) is 10.2. The van der Waals surface area contributed by atoms with Crippen molar-refractivity contribution in [2.75, 3.05) is 44.2 Å². The van der Waals surface area contributed by atoms with Crippen molar-refractivity contribution < 1.29 is 4.79 Å². The van der Waals surface area contributed by atoms with Gasteiger partial charge in [-0.1, -0.05) is 23.7 Å². The van der Waals surface area contributed by atoms with Gasteiger partial charge >= 0.3 is 0 Å². The quantitative estimate of drug-likeness (QED) is 0.309. The van der Waals surface area contributed by atoms with Gasteiger partial charge in [0, 0.05) is 63.1 Å². The highest BCUT2D eigenvalue weighted by atomic mass is 127. The van der Waals surface area contributed by atoms with E-state index < -0.39 is 0 Å². The molecule has 1 saturated heterocycles. The largest absolute Gasteiger partial charge is 0.357 e. The molecule has 2 aromatic rings. The van der Waals surface area contributed by atoms with Gasteiger partial charge in [0.1, 0.15) is 0 Å². The Bertz CT molecular complexity index is 827. The summed E-state index contributed by atoms with van der Waals surface area (Å²) in [6.07, 6.45) is 3.90. The first kappa shape index (κ1) is 25.1. The molecule has 0 unspecified atom stereocenters. The second-order valence-electron chi connectivity index (χ2n) is 6.92. The molecule has 2 N–H and O–H groups in total. The molecule has 2 heterocycles. The van der Waals surface area contributed by atoms with Gasteiger partial charge in [-0.25, -0.2) is 15.0 Å². The number of halogens is 2. The van der Waals surface area contributed by atoms with Crippen LogP contribution in [0.25, 0.3) is 0 Å². The lowest BCUT2D eigenvalue weighted by Crippen LogP contribution is -2.50. The summed E-state index contributed by atoms with van der Waals surface area (Å²) in [5.74, 6) is 1.56. The third-order valence-electron chi connectivity index (χ3n) is 4.78. The Hall–Kier alpha value is -2.14. The summed E-state index contributed by atoms with van der Waals surface area (Å²) in [6, 6.07) is 9.43. The molecule has 1 aromatic heterocycles. The van der Waals surface area contributed by atoms with E-state index in [1.165, 1.54) is 0 Å². The van der Waals surface area contributed by atoms with Crippen LogP contribution in [-0.4, -0.2) is 66.0 Å². The molecule has 3 rings (SSSR count). The molecule has 1 fully saturated rings. The molecule has 0 atom stereocenters. The van der Waals surface area contributed by atoms with Crippen molar-refractivity contribution in [2.45, 2.75) is 19.9 Å². The topological polar surface area (TPSA) is 85.8 Å². The predicted molar refractivity (Wildman–Crippen MR) is 135 cm³/mol. The second-order valence-corrected chi connectivity index (χ2v) is 7.35. The van der Waals surface area contributed by atoms with Crippen molar-refractivity contribution in [1.82, 2.24) is 25.5 Å². The molecule has 0 saturated carbocycles. The van der Waals surface area contributed by atoms with Crippen LogP contribution in [0.15, 0.2) is 47.7 Å². The Morgan fingerprint density at radius 1 is 1.10 bits per heavy atom. The maximum Gasteiger partial charge on any atom is 0.225 e. The van der Waals surface area contributed by atoms with Gasteiger partial charge in [0.25, 0.3) is 0 Å². The summed E-state index contributed by atoms with van der Waals surface area (Å²) < 4.78 is 0. The molecule has 1 aliphatic heterocycles. The average Bonchev–Trinajstić information content (AvgIpc) is 2.79. The fraction of sp³-hybridized carbons (Fsp3) is 0.429. The van der Waals surface area contributed by atoms with Crippen LogP contribution in [-0.2, 0) is 11.3 Å². The second kappa shape index (κ2) is 13.3. The molecule has 0 aliphatic carbocycles. The summed E-state index contributed by atoms with van der Waals surface area (Å²) in [4.78, 5) is 29.7. The summed E-state index contributed by atoms with van der Waals surface area (Å²) in [7, 11) is 0. The van der Waals surface area contributed by atoms with Crippen molar-refractivity contribution in [1.29, 1.82) is 0 Å². The van der Waals surface area contributed by atoms with Crippen LogP contribution in [0.3, 0.4) is 0 Å². The van der Waals surface area contributed by atoms with Crippen LogP contribution in [0, 0.1) is 0 Å². The van der Waals surface area contributed by atoms with E-state index in [-0.39, 0.29) is 29.9 Å². The fourth-order valence-corrected chi connectivity index (χ4v) is 3.28. The number of carbonyl (C=O) groups excluding carboxylic acids is 1. The zero-order valence-electron chi connectivity index (χ0n) is 17.6. The van der Waals surface area contributed by atoms with Crippen molar-refractivity contribution in [2.24, 2.45) is 4.99 Å². The lowest BCUT2D eigenvalue weighted by Gasteiger charge is -2.34. The average molecular weight is 558 g/mol.